The lowest BCUT2D eigenvalue weighted by molar-refractivity contribution is -1.27. The molecule has 0 unspecified atom stereocenters. The smallest absolute Gasteiger partial charge is 0.327 e. The van der Waals surface area contributed by atoms with E-state index in [1.807, 2.05) is 0 Å². The summed E-state index contributed by atoms with van der Waals surface area (Å²) in [6.07, 6.45) is 0. The SMILES string of the molecule is I.[O-][Cl+]O. The predicted molar refractivity (Wildman–Crippen MR) is 17.6 cm³/mol. The highest BCUT2D eigenvalue weighted by Gasteiger charge is 1.47. The molecule has 0 aromatic rings. The first kappa shape index (κ1) is 8.87. The summed E-state index contributed by atoms with van der Waals surface area (Å²) in [5.41, 5.74) is 0. The lowest BCUT2D eigenvalue weighted by atomic mass is 15.9. The zero-order valence-electron chi connectivity index (χ0n) is 1.64. The van der Waals surface area contributed by atoms with E-state index >= 15 is 0 Å². The Kier molecular flexibility index (Phi) is 20.1. The van der Waals surface area contributed by atoms with Crippen LogP contribution in [0.25, 0.3) is 0 Å². The molecule has 2 nitrogen and oxygen atoms in total. The minimum absolute atomic E-state index is 0. The van der Waals surface area contributed by atoms with E-state index in [2.05, 4.69) is 0 Å². The first-order valence-corrected chi connectivity index (χ1v) is 0.970. The third-order valence-corrected chi connectivity index (χ3v) is 0. The minimum Gasteiger partial charge on any atom is -0.506 e. The predicted octanol–water partition coefficient (Wildman–Crippen LogP) is -1.13. The monoisotopic (exact) mass is 196 g/mol. The molecule has 0 radical (unpaired) electrons. The average molecular weight is 196 g/mol. The molecule has 0 aliphatic carbocycles. The fraction of sp³-hybridized carbons (Fsp3) is 0. The Morgan fingerprint density at radius 3 is 1.75 bits per heavy atom. The lowest BCUT2D eigenvalue weighted by Crippen LogP contribution is -1.94. The number of halogens is 2. The number of hydrogen-bond donors (Lipinski definition) is 1. The Morgan fingerprint density at radius 2 is 1.75 bits per heavy atom. The van der Waals surface area contributed by atoms with Gasteiger partial charge in [0.25, 0.3) is 0 Å². The van der Waals surface area contributed by atoms with Gasteiger partial charge >= 0.3 is 11.3 Å². The highest BCUT2D eigenvalue weighted by Crippen LogP contribution is 1.13. The van der Waals surface area contributed by atoms with E-state index < -0.39 is 0 Å². The van der Waals surface area contributed by atoms with Crippen LogP contribution in [0, 0.1) is 11.3 Å². The van der Waals surface area contributed by atoms with Crippen molar-refractivity contribution in [2.75, 3.05) is 0 Å². The highest BCUT2D eigenvalue weighted by molar-refractivity contribution is 14.0. The van der Waals surface area contributed by atoms with Crippen LogP contribution >= 0.6 is 24.0 Å². The van der Waals surface area contributed by atoms with Crippen LogP contribution in [-0.4, -0.2) is 4.66 Å². The molecule has 0 aromatic heterocycles. The summed E-state index contributed by atoms with van der Waals surface area (Å²) in [4.78, 5) is 0. The second-order valence-electron chi connectivity index (χ2n) is 0.0690. The van der Waals surface area contributed by atoms with Gasteiger partial charge in [-0.3, -0.25) is 0 Å². The minimum atomic E-state index is -0.167. The molecule has 0 rings (SSSR count). The van der Waals surface area contributed by atoms with E-state index in [-0.39, 0.29) is 35.3 Å². The van der Waals surface area contributed by atoms with Crippen molar-refractivity contribution < 1.29 is 20.6 Å². The molecule has 28 valence electrons. The van der Waals surface area contributed by atoms with Crippen LogP contribution in [0.3, 0.4) is 0 Å². The summed E-state index contributed by atoms with van der Waals surface area (Å²) in [7, 11) is 0. The van der Waals surface area contributed by atoms with Crippen molar-refractivity contribution in [1.29, 1.82) is 0 Å². The molecule has 0 spiro atoms. The Bertz CT molecular complexity index is 6.00. The molecule has 0 aliphatic heterocycles. The maximum Gasteiger partial charge on any atom is 0.327 e. The molecule has 4 heavy (non-hydrogen) atoms. The summed E-state index contributed by atoms with van der Waals surface area (Å²) in [5.74, 6) is 0. The quantitative estimate of drug-likeness (QED) is 0.498. The molecule has 0 saturated heterocycles. The summed E-state index contributed by atoms with van der Waals surface area (Å²) in [6, 6.07) is 0. The lowest BCUT2D eigenvalue weighted by Gasteiger charge is -1.46. The Balaban J connectivity index is 0. The summed E-state index contributed by atoms with van der Waals surface area (Å²) >= 11 is -0.167. The van der Waals surface area contributed by atoms with Gasteiger partial charge in [-0.1, -0.05) is 0 Å². The average Bonchev–Trinajstić information content (AvgIpc) is 0.918. The van der Waals surface area contributed by atoms with Crippen molar-refractivity contribution in [3.8, 4) is 0 Å². The molecule has 0 atom stereocenters. The third kappa shape index (κ3) is 12.5. The van der Waals surface area contributed by atoms with Crippen molar-refractivity contribution in [2.24, 2.45) is 0 Å². The second-order valence-corrected chi connectivity index (χ2v) is 0.207. The van der Waals surface area contributed by atoms with Crippen LogP contribution in [0.2, 0.25) is 0 Å². The Morgan fingerprint density at radius 1 is 1.75 bits per heavy atom. The van der Waals surface area contributed by atoms with Crippen molar-refractivity contribution in [3.63, 3.8) is 0 Å². The zero-order chi connectivity index (χ0) is 2.71. The summed E-state index contributed by atoms with van der Waals surface area (Å²) in [6.45, 7) is 0. The van der Waals surface area contributed by atoms with Crippen LogP contribution < -0.4 is 4.66 Å². The van der Waals surface area contributed by atoms with Gasteiger partial charge < -0.3 is 4.66 Å². The van der Waals surface area contributed by atoms with Crippen molar-refractivity contribution >= 4 is 24.0 Å². The molecule has 1 N–H and O–H groups in total. The van der Waals surface area contributed by atoms with E-state index in [1.54, 1.807) is 0 Å². The van der Waals surface area contributed by atoms with Gasteiger partial charge in [-0.25, -0.2) is 0 Å². The van der Waals surface area contributed by atoms with E-state index in [0.717, 1.165) is 0 Å². The maximum atomic E-state index is 8.35. The van der Waals surface area contributed by atoms with Gasteiger partial charge in [-0.05, 0) is 0 Å². The second kappa shape index (κ2) is 9.05. The Hall–Kier alpha value is 0.940. The van der Waals surface area contributed by atoms with Gasteiger partial charge in [0.2, 0.25) is 0 Å². The van der Waals surface area contributed by atoms with Crippen LogP contribution in [-0.2, 0) is 0 Å². The van der Waals surface area contributed by atoms with Gasteiger partial charge in [-0.2, -0.15) is 0 Å². The highest BCUT2D eigenvalue weighted by atomic mass is 127. The molecule has 0 aromatic carbocycles. The van der Waals surface area contributed by atoms with Gasteiger partial charge in [-0.15, -0.1) is 28.6 Å². The Labute approximate surface area is 44.9 Å². The van der Waals surface area contributed by atoms with Gasteiger partial charge in [0.1, 0.15) is 0 Å². The fourth-order valence-electron chi connectivity index (χ4n) is 0. The van der Waals surface area contributed by atoms with Crippen LogP contribution in [0.4, 0.5) is 0 Å². The van der Waals surface area contributed by atoms with Crippen LogP contribution in [0.15, 0.2) is 0 Å². The van der Waals surface area contributed by atoms with Crippen LogP contribution in [0.5, 0.6) is 0 Å². The largest absolute Gasteiger partial charge is 0.506 e. The van der Waals surface area contributed by atoms with Crippen LogP contribution in [0.1, 0.15) is 0 Å². The van der Waals surface area contributed by atoms with Gasteiger partial charge in [0, 0.05) is 0 Å². The van der Waals surface area contributed by atoms with Gasteiger partial charge in [0.15, 0.2) is 0 Å². The molecule has 0 fully saturated rings. The summed E-state index contributed by atoms with van der Waals surface area (Å²) in [5, 5.41) is 0. The topological polar surface area (TPSA) is 43.3 Å². The molecular weight excluding hydrogens is 194 g/mol. The van der Waals surface area contributed by atoms with E-state index in [0.29, 0.717) is 0 Å². The maximum absolute atomic E-state index is 8.35. The van der Waals surface area contributed by atoms with Crippen molar-refractivity contribution in [1.82, 2.24) is 0 Å². The standard InChI is InChI=1S/ClHO2.HI/c2-1-3;/h2H;1H. The molecular formula is H2ClIO2. The van der Waals surface area contributed by atoms with E-state index in [1.165, 1.54) is 0 Å². The van der Waals surface area contributed by atoms with E-state index in [4.69, 9.17) is 9.32 Å². The first-order valence-electron chi connectivity index (χ1n) is 0.323. The van der Waals surface area contributed by atoms with Crippen molar-refractivity contribution in [3.05, 3.63) is 0 Å². The van der Waals surface area contributed by atoms with E-state index in [9.17, 15) is 0 Å². The number of rotatable bonds is 0. The molecule has 0 bridgehead atoms. The third-order valence-electron chi connectivity index (χ3n) is 0. The number of hydrogen-bond acceptors (Lipinski definition) is 2. The fourth-order valence-corrected chi connectivity index (χ4v) is 0. The molecule has 0 amide bonds. The normalized spacial score (nSPS) is 4.50. The van der Waals surface area contributed by atoms with Crippen molar-refractivity contribution in [2.45, 2.75) is 0 Å². The molecule has 4 heteroatoms. The molecule has 0 saturated carbocycles. The first-order chi connectivity index (χ1) is 1.41. The van der Waals surface area contributed by atoms with Gasteiger partial charge in [0.05, 0.1) is 0 Å². The zero-order valence-corrected chi connectivity index (χ0v) is 4.73. The molecule has 0 aliphatic rings. The molecule has 0 heterocycles. The summed E-state index contributed by atoms with van der Waals surface area (Å²) < 4.78 is 15.2.